The van der Waals surface area contributed by atoms with E-state index in [4.69, 9.17) is 9.72 Å². The second-order valence-corrected chi connectivity index (χ2v) is 8.46. The number of fused-ring (bicyclic) bond motifs is 2. The fourth-order valence-corrected chi connectivity index (χ4v) is 4.31. The van der Waals surface area contributed by atoms with E-state index in [1.807, 2.05) is 50.2 Å². The van der Waals surface area contributed by atoms with Gasteiger partial charge in [-0.1, -0.05) is 12.1 Å². The standard InChI is InChI=1S/C26H25N5O3/c1-15-12-22(28-25-19(15)7-5-8-21(25)34-3)31-23(13-16(2)30-31)29-26(33)18-10-11-20-17(14-18)6-4-9-24(32)27-20/h5,7-8,10-14H,4,6,9H2,1-3H3,(H,27,32)(H,29,33). The van der Waals surface area contributed by atoms with Gasteiger partial charge in [-0.3, -0.25) is 9.59 Å². The van der Waals surface area contributed by atoms with E-state index in [-0.39, 0.29) is 11.8 Å². The van der Waals surface area contributed by atoms with Crippen molar-refractivity contribution in [2.75, 3.05) is 17.7 Å². The Balaban J connectivity index is 1.49. The Labute approximate surface area is 197 Å². The summed E-state index contributed by atoms with van der Waals surface area (Å²) in [5, 5.41) is 11.4. The van der Waals surface area contributed by atoms with Gasteiger partial charge in [-0.15, -0.1) is 0 Å². The largest absolute Gasteiger partial charge is 0.494 e. The summed E-state index contributed by atoms with van der Waals surface area (Å²) in [6.07, 6.45) is 1.98. The van der Waals surface area contributed by atoms with Crippen LogP contribution >= 0.6 is 0 Å². The highest BCUT2D eigenvalue weighted by Crippen LogP contribution is 2.29. The maximum absolute atomic E-state index is 13.1. The number of para-hydroxylation sites is 1. The zero-order valence-corrected chi connectivity index (χ0v) is 19.3. The second-order valence-electron chi connectivity index (χ2n) is 8.46. The number of ether oxygens (including phenoxy) is 1. The zero-order valence-electron chi connectivity index (χ0n) is 19.3. The Bertz CT molecular complexity index is 1440. The summed E-state index contributed by atoms with van der Waals surface area (Å²) < 4.78 is 7.14. The van der Waals surface area contributed by atoms with Crippen LogP contribution in [0.15, 0.2) is 48.5 Å². The molecule has 0 bridgehead atoms. The van der Waals surface area contributed by atoms with Gasteiger partial charge in [0.05, 0.1) is 12.8 Å². The molecule has 2 amide bonds. The van der Waals surface area contributed by atoms with Crippen LogP contribution in [0.25, 0.3) is 16.7 Å². The normalized spacial score (nSPS) is 13.2. The Kier molecular flexibility index (Phi) is 5.49. The van der Waals surface area contributed by atoms with Crippen molar-refractivity contribution in [3.8, 4) is 11.6 Å². The quantitative estimate of drug-likeness (QED) is 0.470. The van der Waals surface area contributed by atoms with E-state index in [0.717, 1.165) is 46.3 Å². The molecule has 2 aromatic carbocycles. The maximum Gasteiger partial charge on any atom is 0.256 e. The van der Waals surface area contributed by atoms with Crippen LogP contribution in [-0.2, 0) is 11.2 Å². The monoisotopic (exact) mass is 455 g/mol. The molecule has 0 atom stereocenters. The van der Waals surface area contributed by atoms with Gasteiger partial charge in [0.25, 0.3) is 5.91 Å². The molecular formula is C26H25N5O3. The molecule has 8 heteroatoms. The first-order valence-corrected chi connectivity index (χ1v) is 11.2. The lowest BCUT2D eigenvalue weighted by atomic mass is 10.0. The molecule has 0 radical (unpaired) electrons. The summed E-state index contributed by atoms with van der Waals surface area (Å²) >= 11 is 0. The van der Waals surface area contributed by atoms with Crippen molar-refractivity contribution in [1.82, 2.24) is 14.8 Å². The Morgan fingerprint density at radius 2 is 1.97 bits per heavy atom. The highest BCUT2D eigenvalue weighted by atomic mass is 16.5. The van der Waals surface area contributed by atoms with E-state index in [2.05, 4.69) is 15.7 Å². The van der Waals surface area contributed by atoms with Crippen molar-refractivity contribution in [2.45, 2.75) is 33.1 Å². The summed E-state index contributed by atoms with van der Waals surface area (Å²) in [6.45, 7) is 3.88. The third kappa shape index (κ3) is 3.98. The fraction of sp³-hybridized carbons (Fsp3) is 0.231. The molecule has 0 spiro atoms. The Morgan fingerprint density at radius 3 is 2.79 bits per heavy atom. The average molecular weight is 456 g/mol. The number of methoxy groups -OCH3 is 1. The van der Waals surface area contributed by atoms with Gasteiger partial charge in [0, 0.05) is 29.1 Å². The van der Waals surface area contributed by atoms with Crippen LogP contribution in [-0.4, -0.2) is 33.7 Å². The van der Waals surface area contributed by atoms with Gasteiger partial charge < -0.3 is 15.4 Å². The second kappa shape index (κ2) is 8.62. The molecule has 2 N–H and O–H groups in total. The topological polar surface area (TPSA) is 98.1 Å². The van der Waals surface area contributed by atoms with Crippen LogP contribution in [0.3, 0.4) is 0 Å². The number of hydrogen-bond donors (Lipinski definition) is 2. The first-order valence-electron chi connectivity index (χ1n) is 11.2. The number of pyridine rings is 1. The minimum Gasteiger partial charge on any atom is -0.494 e. The van der Waals surface area contributed by atoms with E-state index < -0.39 is 0 Å². The first kappa shape index (κ1) is 21.6. The molecule has 0 fully saturated rings. The predicted molar refractivity (Wildman–Crippen MR) is 131 cm³/mol. The molecular weight excluding hydrogens is 430 g/mol. The van der Waals surface area contributed by atoms with Crippen LogP contribution in [0.5, 0.6) is 5.75 Å². The predicted octanol–water partition coefficient (Wildman–Crippen LogP) is 4.57. The highest BCUT2D eigenvalue weighted by molar-refractivity contribution is 6.05. The van der Waals surface area contributed by atoms with Gasteiger partial charge in [0.15, 0.2) is 5.82 Å². The van der Waals surface area contributed by atoms with Crippen molar-refractivity contribution >= 4 is 34.2 Å². The van der Waals surface area contributed by atoms with E-state index in [0.29, 0.717) is 29.4 Å². The average Bonchev–Trinajstić information content (AvgIpc) is 3.08. The zero-order chi connectivity index (χ0) is 23.8. The van der Waals surface area contributed by atoms with Gasteiger partial charge in [-0.25, -0.2) is 4.98 Å². The van der Waals surface area contributed by atoms with Gasteiger partial charge in [-0.2, -0.15) is 9.78 Å². The number of aromatic nitrogens is 3. The minimum absolute atomic E-state index is 0.00476. The number of rotatable bonds is 4. The Morgan fingerprint density at radius 1 is 1.12 bits per heavy atom. The number of amides is 2. The van der Waals surface area contributed by atoms with Gasteiger partial charge in [0.1, 0.15) is 17.1 Å². The van der Waals surface area contributed by atoms with E-state index in [1.54, 1.807) is 23.9 Å². The third-order valence-electron chi connectivity index (χ3n) is 6.00. The number of aryl methyl sites for hydroxylation is 3. The van der Waals surface area contributed by atoms with Crippen molar-refractivity contribution < 1.29 is 14.3 Å². The summed E-state index contributed by atoms with van der Waals surface area (Å²) in [6, 6.07) is 14.9. The van der Waals surface area contributed by atoms with Gasteiger partial charge >= 0.3 is 0 Å². The molecule has 3 heterocycles. The summed E-state index contributed by atoms with van der Waals surface area (Å²) in [5.74, 6) is 1.53. The van der Waals surface area contributed by atoms with Crippen LogP contribution in [0.2, 0.25) is 0 Å². The van der Waals surface area contributed by atoms with Crippen LogP contribution in [0.4, 0.5) is 11.5 Å². The van der Waals surface area contributed by atoms with Gasteiger partial charge in [-0.05, 0) is 68.1 Å². The third-order valence-corrected chi connectivity index (χ3v) is 6.00. The molecule has 1 aliphatic heterocycles. The van der Waals surface area contributed by atoms with Crippen molar-refractivity contribution in [3.63, 3.8) is 0 Å². The Hall–Kier alpha value is -4.20. The molecule has 0 saturated heterocycles. The summed E-state index contributed by atoms with van der Waals surface area (Å²) in [4.78, 5) is 29.7. The molecule has 1 aliphatic rings. The van der Waals surface area contributed by atoms with Crippen LogP contribution < -0.4 is 15.4 Å². The first-order chi connectivity index (χ1) is 16.4. The SMILES string of the molecule is COc1cccc2c(C)cc(-n3nc(C)cc3NC(=O)c3ccc4c(c3)CCCC(=O)N4)nc12. The number of nitrogens with zero attached hydrogens (tertiary/aromatic N) is 3. The molecule has 34 heavy (non-hydrogen) atoms. The molecule has 5 rings (SSSR count). The minimum atomic E-state index is -0.255. The number of carbonyl (C=O) groups excluding carboxylic acids is 2. The summed E-state index contributed by atoms with van der Waals surface area (Å²) in [5.41, 5.74) is 4.76. The number of benzene rings is 2. The lowest BCUT2D eigenvalue weighted by molar-refractivity contribution is -0.116. The molecule has 0 aliphatic carbocycles. The van der Waals surface area contributed by atoms with E-state index in [9.17, 15) is 9.59 Å². The van der Waals surface area contributed by atoms with Crippen LogP contribution in [0, 0.1) is 13.8 Å². The lowest BCUT2D eigenvalue weighted by Gasteiger charge is -2.13. The molecule has 8 nitrogen and oxygen atoms in total. The summed E-state index contributed by atoms with van der Waals surface area (Å²) in [7, 11) is 1.62. The van der Waals surface area contributed by atoms with Crippen LogP contribution in [0.1, 0.15) is 40.0 Å². The highest BCUT2D eigenvalue weighted by Gasteiger charge is 2.18. The van der Waals surface area contributed by atoms with Gasteiger partial charge in [0.2, 0.25) is 5.91 Å². The van der Waals surface area contributed by atoms with Crippen molar-refractivity contribution in [2.24, 2.45) is 0 Å². The van der Waals surface area contributed by atoms with E-state index >= 15 is 0 Å². The lowest BCUT2D eigenvalue weighted by Crippen LogP contribution is -2.16. The number of anilines is 2. The molecule has 0 unspecified atom stereocenters. The smallest absolute Gasteiger partial charge is 0.256 e. The number of carbonyl (C=O) groups is 2. The van der Waals surface area contributed by atoms with Crippen molar-refractivity contribution in [3.05, 3.63) is 70.9 Å². The molecule has 0 saturated carbocycles. The molecule has 172 valence electrons. The fourth-order valence-electron chi connectivity index (χ4n) is 4.31. The number of hydrogen-bond acceptors (Lipinski definition) is 5. The maximum atomic E-state index is 13.1. The molecule has 4 aromatic rings. The van der Waals surface area contributed by atoms with E-state index in [1.165, 1.54) is 0 Å². The number of nitrogens with one attached hydrogen (secondary N) is 2. The van der Waals surface area contributed by atoms with Crippen molar-refractivity contribution in [1.29, 1.82) is 0 Å². The molecule has 2 aromatic heterocycles.